The summed E-state index contributed by atoms with van der Waals surface area (Å²) < 4.78 is 15.5. The lowest BCUT2D eigenvalue weighted by Gasteiger charge is -2.24. The Morgan fingerprint density at radius 3 is 2.29 bits per heavy atom. The number of benzene rings is 2. The molecule has 0 aliphatic carbocycles. The van der Waals surface area contributed by atoms with Crippen molar-refractivity contribution in [3.63, 3.8) is 0 Å². The number of aliphatic imine (C=N–C) groups is 1. The summed E-state index contributed by atoms with van der Waals surface area (Å²) in [5.74, 6) is 0.443. The summed E-state index contributed by atoms with van der Waals surface area (Å²) in [4.78, 5) is 18.6. The van der Waals surface area contributed by atoms with Crippen LogP contribution in [0.4, 0.5) is 20.6 Å². The molecule has 1 aliphatic heterocycles. The predicted molar refractivity (Wildman–Crippen MR) is 116 cm³/mol. The second-order valence-corrected chi connectivity index (χ2v) is 6.60. The van der Waals surface area contributed by atoms with Gasteiger partial charge in [-0.05, 0) is 54.8 Å². The molecule has 2 aromatic rings. The first kappa shape index (κ1) is 21.8. The van der Waals surface area contributed by atoms with Crippen LogP contribution in [0.15, 0.2) is 41.4 Å². The number of amides is 2. The summed E-state index contributed by atoms with van der Waals surface area (Å²) in [6.07, 6.45) is 0. The van der Waals surface area contributed by atoms with Crippen LogP contribution >= 0.6 is 25.2 Å². The molecule has 6 nitrogen and oxygen atoms in total. The number of hydrogen-bond acceptors (Lipinski definition) is 3. The number of nitrogens with one attached hydrogen (secondary N) is 3. The topological polar surface area (TPSA) is 68.8 Å². The third-order valence-electron chi connectivity index (χ3n) is 4.32. The predicted octanol–water partition coefficient (Wildman–Crippen LogP) is 3.61. The number of hydrogen-bond donors (Lipinski definition) is 4. The number of aryl methyl sites for hydroxylation is 2. The Labute approximate surface area is 175 Å². The average molecular weight is 424 g/mol. The maximum atomic E-state index is 13.2. The Balaban J connectivity index is 0.00000280. The highest BCUT2D eigenvalue weighted by Crippen LogP contribution is 2.30. The Morgan fingerprint density at radius 2 is 1.75 bits per heavy atom. The maximum absolute atomic E-state index is 13.2. The number of thiol groups is 1. The van der Waals surface area contributed by atoms with Crippen molar-refractivity contribution in [2.75, 3.05) is 18.0 Å². The quantitative estimate of drug-likeness (QED) is 0.568. The van der Waals surface area contributed by atoms with E-state index in [9.17, 15) is 9.18 Å². The normalized spacial score (nSPS) is 12.5. The van der Waals surface area contributed by atoms with Gasteiger partial charge in [0, 0.05) is 18.8 Å². The van der Waals surface area contributed by atoms with E-state index in [0.717, 1.165) is 47.1 Å². The molecule has 150 valence electrons. The molecule has 0 aromatic heterocycles. The minimum atomic E-state index is -0.361. The molecule has 1 heterocycles. The zero-order valence-electron chi connectivity index (χ0n) is 15.6. The SMILES string of the molecule is Cc1cc(N(Cc2ccc(F)cc2)C(=O)NS)cc(C)c1N=C1NCCN1.Cl. The minimum Gasteiger partial charge on any atom is -0.354 e. The first-order valence-electron chi connectivity index (χ1n) is 8.61. The molecule has 0 radical (unpaired) electrons. The molecule has 1 fully saturated rings. The molecule has 1 saturated heterocycles. The van der Waals surface area contributed by atoms with Crippen molar-refractivity contribution in [1.29, 1.82) is 0 Å². The monoisotopic (exact) mass is 423 g/mol. The number of halogens is 2. The standard InChI is InChI=1S/C19H22FN5OS.ClH/c1-12-9-16(10-13(2)17(12)23-18-21-7-8-22-18)25(19(26)24-27)11-14-3-5-15(20)6-4-14;/h3-6,9-10,27H,7-8,11H2,1-2H3,(H,24,26)(H2,21,22,23);1H. The van der Waals surface area contributed by atoms with E-state index in [1.807, 2.05) is 26.0 Å². The fourth-order valence-electron chi connectivity index (χ4n) is 2.99. The van der Waals surface area contributed by atoms with Crippen LogP contribution in [0, 0.1) is 19.7 Å². The van der Waals surface area contributed by atoms with E-state index in [1.165, 1.54) is 12.1 Å². The lowest BCUT2D eigenvalue weighted by molar-refractivity contribution is 0.251. The van der Waals surface area contributed by atoms with Crippen LogP contribution in [0.25, 0.3) is 0 Å². The second kappa shape index (κ2) is 9.66. The van der Waals surface area contributed by atoms with E-state index in [0.29, 0.717) is 6.54 Å². The molecule has 0 bridgehead atoms. The van der Waals surface area contributed by atoms with E-state index < -0.39 is 0 Å². The van der Waals surface area contributed by atoms with Gasteiger partial charge in [0.1, 0.15) is 5.82 Å². The third kappa shape index (κ3) is 5.08. The molecule has 2 aromatic carbocycles. The van der Waals surface area contributed by atoms with Crippen LogP contribution in [0.3, 0.4) is 0 Å². The second-order valence-electron chi connectivity index (χ2n) is 6.37. The van der Waals surface area contributed by atoms with Crippen molar-refractivity contribution in [3.8, 4) is 0 Å². The van der Waals surface area contributed by atoms with Crippen LogP contribution < -0.4 is 20.3 Å². The number of carbonyl (C=O) groups excluding carboxylic acids is 1. The van der Waals surface area contributed by atoms with Crippen LogP contribution in [0.5, 0.6) is 0 Å². The molecule has 9 heteroatoms. The molecule has 1 aliphatic rings. The maximum Gasteiger partial charge on any atom is 0.331 e. The zero-order chi connectivity index (χ0) is 19.4. The van der Waals surface area contributed by atoms with Gasteiger partial charge in [-0.25, -0.2) is 14.2 Å². The Hall–Kier alpha value is -2.45. The Kier molecular flexibility index (Phi) is 7.53. The van der Waals surface area contributed by atoms with Crippen LogP contribution in [-0.2, 0) is 6.54 Å². The summed E-state index contributed by atoms with van der Waals surface area (Å²) in [5, 5.41) is 6.37. The lowest BCUT2D eigenvalue weighted by atomic mass is 10.1. The van der Waals surface area contributed by atoms with Gasteiger partial charge < -0.3 is 10.6 Å². The Morgan fingerprint density at radius 1 is 1.18 bits per heavy atom. The molecular formula is C19H23ClFN5OS. The number of nitrogens with zero attached hydrogens (tertiary/aromatic N) is 2. The van der Waals surface area contributed by atoms with Crippen molar-refractivity contribution < 1.29 is 9.18 Å². The molecule has 28 heavy (non-hydrogen) atoms. The fraction of sp³-hybridized carbons (Fsp3) is 0.263. The van der Waals surface area contributed by atoms with Gasteiger partial charge in [-0.2, -0.15) is 0 Å². The summed E-state index contributed by atoms with van der Waals surface area (Å²) in [5.41, 5.74) is 4.29. The van der Waals surface area contributed by atoms with E-state index in [2.05, 4.69) is 33.2 Å². The van der Waals surface area contributed by atoms with Crippen molar-refractivity contribution in [3.05, 3.63) is 58.9 Å². The molecule has 0 spiro atoms. The Bertz CT molecular complexity index is 844. The van der Waals surface area contributed by atoms with E-state index in [4.69, 9.17) is 0 Å². The summed E-state index contributed by atoms with van der Waals surface area (Å²) >= 11 is 3.90. The van der Waals surface area contributed by atoms with Crippen LogP contribution in [-0.4, -0.2) is 25.1 Å². The first-order valence-corrected chi connectivity index (χ1v) is 9.06. The minimum absolute atomic E-state index is 0. The van der Waals surface area contributed by atoms with Gasteiger partial charge in [-0.1, -0.05) is 24.9 Å². The summed E-state index contributed by atoms with van der Waals surface area (Å²) in [6.45, 7) is 5.91. The summed E-state index contributed by atoms with van der Waals surface area (Å²) in [7, 11) is 0. The van der Waals surface area contributed by atoms with Gasteiger partial charge in [0.2, 0.25) is 0 Å². The number of anilines is 1. The van der Waals surface area contributed by atoms with Crippen LogP contribution in [0.2, 0.25) is 0 Å². The van der Waals surface area contributed by atoms with Gasteiger partial charge in [0.15, 0.2) is 5.96 Å². The first-order chi connectivity index (χ1) is 13.0. The van der Waals surface area contributed by atoms with Gasteiger partial charge in [0.05, 0.1) is 12.2 Å². The molecule has 3 N–H and O–H groups in total. The molecule has 0 unspecified atom stereocenters. The van der Waals surface area contributed by atoms with Crippen molar-refractivity contribution >= 4 is 48.6 Å². The van der Waals surface area contributed by atoms with Gasteiger partial charge in [-0.15, -0.1) is 12.4 Å². The molecule has 3 rings (SSSR count). The van der Waals surface area contributed by atoms with Crippen LogP contribution in [0.1, 0.15) is 16.7 Å². The number of urea groups is 1. The van der Waals surface area contributed by atoms with Crippen molar-refractivity contribution in [2.24, 2.45) is 4.99 Å². The largest absolute Gasteiger partial charge is 0.354 e. The summed E-state index contributed by atoms with van der Waals surface area (Å²) in [6, 6.07) is 9.53. The average Bonchev–Trinajstić information content (AvgIpc) is 3.16. The molecule has 0 saturated carbocycles. The molecular weight excluding hydrogens is 401 g/mol. The van der Waals surface area contributed by atoms with Gasteiger partial charge in [0.25, 0.3) is 0 Å². The van der Waals surface area contributed by atoms with E-state index >= 15 is 0 Å². The highest BCUT2D eigenvalue weighted by molar-refractivity contribution is 7.78. The fourth-order valence-corrected chi connectivity index (χ4v) is 3.11. The van der Waals surface area contributed by atoms with Gasteiger partial charge in [-0.3, -0.25) is 9.62 Å². The third-order valence-corrected chi connectivity index (χ3v) is 4.51. The smallest absolute Gasteiger partial charge is 0.331 e. The zero-order valence-corrected chi connectivity index (χ0v) is 17.3. The highest BCUT2D eigenvalue weighted by atomic mass is 35.5. The highest BCUT2D eigenvalue weighted by Gasteiger charge is 2.18. The lowest BCUT2D eigenvalue weighted by Crippen LogP contribution is -2.35. The number of carbonyl (C=O) groups is 1. The van der Waals surface area contributed by atoms with Crippen molar-refractivity contribution in [1.82, 2.24) is 15.4 Å². The van der Waals surface area contributed by atoms with Gasteiger partial charge >= 0.3 is 6.03 Å². The molecule has 0 atom stereocenters. The van der Waals surface area contributed by atoms with E-state index in [-0.39, 0.29) is 24.3 Å². The number of guanidine groups is 1. The number of rotatable bonds is 4. The van der Waals surface area contributed by atoms with Crippen molar-refractivity contribution in [2.45, 2.75) is 20.4 Å². The van der Waals surface area contributed by atoms with E-state index in [1.54, 1.807) is 17.0 Å². The molecule has 2 amide bonds.